The average molecular weight is 404 g/mol. The first-order chi connectivity index (χ1) is 14.9. The molecule has 0 unspecified atom stereocenters. The zero-order chi connectivity index (χ0) is 21.4. The molecule has 4 aromatic rings. The summed E-state index contributed by atoms with van der Waals surface area (Å²) in [4.78, 5) is 4.93. The van der Waals surface area contributed by atoms with Gasteiger partial charge in [-0.05, 0) is 95.7 Å². The summed E-state index contributed by atoms with van der Waals surface area (Å²) in [6.07, 6.45) is 3.99. The molecule has 3 aromatic carbocycles. The Hall–Kier alpha value is -3.26. The van der Waals surface area contributed by atoms with Crippen molar-refractivity contribution < 1.29 is 4.57 Å². The van der Waals surface area contributed by atoms with Crippen molar-refractivity contribution >= 4 is 0 Å². The van der Waals surface area contributed by atoms with Gasteiger partial charge in [-0.2, -0.15) is 0 Å². The molecule has 1 aromatic heterocycles. The lowest BCUT2D eigenvalue weighted by Gasteiger charge is -2.13. The van der Waals surface area contributed by atoms with Crippen LogP contribution in [0.2, 0.25) is 0 Å². The van der Waals surface area contributed by atoms with Gasteiger partial charge in [-0.1, -0.05) is 35.9 Å². The summed E-state index contributed by atoms with van der Waals surface area (Å²) in [6, 6.07) is 16.2. The molecule has 0 aliphatic heterocycles. The zero-order valence-electron chi connectivity index (χ0n) is 18.9. The number of benzene rings is 3. The van der Waals surface area contributed by atoms with E-state index >= 15 is 0 Å². The van der Waals surface area contributed by atoms with Crippen LogP contribution in [0.25, 0.3) is 33.6 Å². The quantitative estimate of drug-likeness (QED) is 0.310. The van der Waals surface area contributed by atoms with Crippen molar-refractivity contribution in [3.05, 3.63) is 93.3 Å². The molecule has 2 aliphatic carbocycles. The molecule has 2 heteroatoms. The van der Waals surface area contributed by atoms with E-state index in [9.17, 15) is 0 Å². The van der Waals surface area contributed by atoms with Gasteiger partial charge in [-0.15, -0.1) is 0 Å². The fourth-order valence-electron chi connectivity index (χ4n) is 5.74. The second-order valence-corrected chi connectivity index (χ2v) is 9.41. The molecule has 152 valence electrons. The van der Waals surface area contributed by atoms with Crippen molar-refractivity contribution in [3.63, 3.8) is 0 Å². The van der Waals surface area contributed by atoms with Gasteiger partial charge in [0.05, 0.1) is 12.6 Å². The van der Waals surface area contributed by atoms with E-state index in [0.29, 0.717) is 0 Å². The number of rotatable bonds is 1. The van der Waals surface area contributed by atoms with E-state index in [4.69, 9.17) is 4.98 Å². The van der Waals surface area contributed by atoms with Crippen molar-refractivity contribution in [2.45, 2.75) is 40.5 Å². The SMILES string of the molecule is Cc1cc(C)c(C)c(-c2c3c(nc[n+]2C)-c2cc4c(cc2C3)Cc2cccc(C)c2-4)c1. The molecular weight excluding hydrogens is 376 g/mol. The van der Waals surface area contributed by atoms with Crippen LogP contribution in [0.15, 0.2) is 48.8 Å². The first-order valence-corrected chi connectivity index (χ1v) is 11.1. The van der Waals surface area contributed by atoms with Gasteiger partial charge >= 0.3 is 0 Å². The first-order valence-electron chi connectivity index (χ1n) is 11.1. The van der Waals surface area contributed by atoms with Gasteiger partial charge in [0.15, 0.2) is 5.69 Å². The van der Waals surface area contributed by atoms with Crippen molar-refractivity contribution in [1.82, 2.24) is 4.98 Å². The van der Waals surface area contributed by atoms with Crippen LogP contribution in [0.4, 0.5) is 0 Å². The standard InChI is InChI=1S/C29H27N2/c1-16-9-18(3)19(4)23(10-16)29-26-13-22-12-21-11-20-8-6-7-17(2)27(20)24(21)14-25(22)28(26)30-15-31(29)5/h6-10,12,14-15H,11,13H2,1-5H3/q+1. The normalized spacial score (nSPS) is 13.1. The van der Waals surface area contributed by atoms with Crippen LogP contribution in [-0.2, 0) is 19.9 Å². The molecule has 0 fully saturated rings. The molecule has 0 atom stereocenters. The Morgan fingerprint density at radius 3 is 2.42 bits per heavy atom. The van der Waals surface area contributed by atoms with Crippen LogP contribution in [0.1, 0.15) is 44.5 Å². The Morgan fingerprint density at radius 2 is 1.58 bits per heavy atom. The summed E-state index contributed by atoms with van der Waals surface area (Å²) in [7, 11) is 2.13. The smallest absolute Gasteiger partial charge is 0.232 e. The van der Waals surface area contributed by atoms with Crippen LogP contribution in [0, 0.1) is 27.7 Å². The van der Waals surface area contributed by atoms with Gasteiger partial charge in [0, 0.05) is 17.5 Å². The summed E-state index contributed by atoms with van der Waals surface area (Å²) < 4.78 is 2.21. The monoisotopic (exact) mass is 403 g/mol. The highest BCUT2D eigenvalue weighted by Crippen LogP contribution is 2.46. The van der Waals surface area contributed by atoms with E-state index in [1.54, 1.807) is 0 Å². The minimum atomic E-state index is 0.955. The van der Waals surface area contributed by atoms with Gasteiger partial charge in [-0.25, -0.2) is 4.57 Å². The number of aryl methyl sites for hydroxylation is 4. The second kappa shape index (κ2) is 6.37. The van der Waals surface area contributed by atoms with Crippen molar-refractivity contribution in [3.8, 4) is 33.6 Å². The number of fused-ring (bicyclic) bond motifs is 6. The Morgan fingerprint density at radius 1 is 0.774 bits per heavy atom. The molecule has 0 spiro atoms. The molecule has 0 radical (unpaired) electrons. The second-order valence-electron chi connectivity index (χ2n) is 9.41. The average Bonchev–Trinajstić information content (AvgIpc) is 3.27. The molecule has 1 heterocycles. The van der Waals surface area contributed by atoms with E-state index in [2.05, 4.69) is 81.8 Å². The third-order valence-electron chi connectivity index (χ3n) is 7.31. The molecule has 6 rings (SSSR count). The Labute approximate surface area is 184 Å². The molecule has 2 aliphatic rings. The minimum Gasteiger partial charge on any atom is -0.232 e. The van der Waals surface area contributed by atoms with Crippen LogP contribution < -0.4 is 4.57 Å². The van der Waals surface area contributed by atoms with E-state index in [-0.39, 0.29) is 0 Å². The largest absolute Gasteiger partial charge is 0.287 e. The summed E-state index contributed by atoms with van der Waals surface area (Å²) in [6.45, 7) is 8.88. The predicted octanol–water partition coefficient (Wildman–Crippen LogP) is 5.95. The highest BCUT2D eigenvalue weighted by molar-refractivity contribution is 5.88. The Balaban J connectivity index is 1.58. The highest BCUT2D eigenvalue weighted by atomic mass is 15.0. The van der Waals surface area contributed by atoms with Gasteiger partial charge in [0.1, 0.15) is 5.69 Å². The summed E-state index contributed by atoms with van der Waals surface area (Å²) in [5.74, 6) is 0. The third-order valence-corrected chi connectivity index (χ3v) is 7.31. The number of nitrogens with zero attached hydrogens (tertiary/aromatic N) is 2. The summed E-state index contributed by atoms with van der Waals surface area (Å²) in [5.41, 5.74) is 19.0. The fourth-order valence-corrected chi connectivity index (χ4v) is 5.74. The minimum absolute atomic E-state index is 0.955. The van der Waals surface area contributed by atoms with Gasteiger partial charge in [-0.3, -0.25) is 0 Å². The van der Waals surface area contributed by atoms with Gasteiger partial charge in [0.25, 0.3) is 6.33 Å². The molecule has 0 saturated heterocycles. The van der Waals surface area contributed by atoms with Crippen LogP contribution in [-0.4, -0.2) is 4.98 Å². The van der Waals surface area contributed by atoms with Gasteiger partial charge < -0.3 is 0 Å². The summed E-state index contributed by atoms with van der Waals surface area (Å²) in [5, 5.41) is 0. The molecule has 0 bridgehead atoms. The van der Waals surface area contributed by atoms with E-state index in [1.807, 2.05) is 6.33 Å². The molecule has 0 saturated carbocycles. The number of hydrogen-bond acceptors (Lipinski definition) is 1. The molecule has 2 nitrogen and oxygen atoms in total. The maximum Gasteiger partial charge on any atom is 0.287 e. The molecule has 31 heavy (non-hydrogen) atoms. The Bertz CT molecular complexity index is 1430. The molecule has 0 N–H and O–H groups in total. The first kappa shape index (κ1) is 18.5. The molecule has 0 amide bonds. The molecular formula is C29H27N2+. The van der Waals surface area contributed by atoms with Crippen molar-refractivity contribution in [2.75, 3.05) is 0 Å². The maximum absolute atomic E-state index is 4.93. The van der Waals surface area contributed by atoms with E-state index in [0.717, 1.165) is 18.5 Å². The zero-order valence-corrected chi connectivity index (χ0v) is 18.9. The van der Waals surface area contributed by atoms with Crippen molar-refractivity contribution in [1.29, 1.82) is 0 Å². The highest BCUT2D eigenvalue weighted by Gasteiger charge is 2.33. The van der Waals surface area contributed by atoms with Crippen molar-refractivity contribution in [2.24, 2.45) is 7.05 Å². The topological polar surface area (TPSA) is 16.8 Å². The third kappa shape index (κ3) is 2.57. The van der Waals surface area contributed by atoms with Crippen LogP contribution >= 0.6 is 0 Å². The fraction of sp³-hybridized carbons (Fsp3) is 0.241. The van der Waals surface area contributed by atoms with E-state index < -0.39 is 0 Å². The predicted molar refractivity (Wildman–Crippen MR) is 126 cm³/mol. The lowest BCUT2D eigenvalue weighted by molar-refractivity contribution is -0.663. The lowest BCUT2D eigenvalue weighted by Crippen LogP contribution is -2.33. The number of aromatic nitrogens is 2. The van der Waals surface area contributed by atoms with Crippen LogP contribution in [0.3, 0.4) is 0 Å². The van der Waals surface area contributed by atoms with Gasteiger partial charge in [0.2, 0.25) is 0 Å². The number of hydrogen-bond donors (Lipinski definition) is 0. The van der Waals surface area contributed by atoms with E-state index in [1.165, 1.54) is 72.5 Å². The summed E-state index contributed by atoms with van der Waals surface area (Å²) >= 11 is 0. The lowest BCUT2D eigenvalue weighted by atomic mass is 9.94. The Kier molecular flexibility index (Phi) is 3.80. The van der Waals surface area contributed by atoms with Crippen LogP contribution in [0.5, 0.6) is 0 Å². The maximum atomic E-state index is 4.93.